The zero-order valence-corrected chi connectivity index (χ0v) is 4.14. The Kier molecular flexibility index (Phi) is 20.0. The number of hydrogen-bond donors (Lipinski definition) is 2. The molecule has 0 bridgehead atoms. The smallest absolute Gasteiger partial charge is 0.00268 e. The second-order valence-electron chi connectivity index (χ2n) is 0.0845. The third-order valence-electron chi connectivity index (χ3n) is 0. The van der Waals surface area contributed by atoms with Gasteiger partial charge in [-0.2, -0.15) is 0 Å². The largest absolute Gasteiger partial charge is 0.301 e. The van der Waals surface area contributed by atoms with E-state index in [1.807, 2.05) is 0 Å². The van der Waals surface area contributed by atoms with Crippen LogP contribution in [0.15, 0.2) is 0 Å². The topological polar surface area (TPSA) is 32.3 Å². The van der Waals surface area contributed by atoms with E-state index >= 15 is 0 Å². The van der Waals surface area contributed by atoms with Crippen molar-refractivity contribution in [2.45, 2.75) is 0 Å². The van der Waals surface area contributed by atoms with Crippen LogP contribution in [-0.4, -0.2) is 5.21 Å². The van der Waals surface area contributed by atoms with Crippen molar-refractivity contribution in [3.63, 3.8) is 0 Å². The van der Waals surface area contributed by atoms with E-state index in [1.54, 1.807) is 0 Å². The predicted molar refractivity (Wildman–Crippen MR) is 10.8 cm³/mol. The van der Waals surface area contributed by atoms with Gasteiger partial charge in [0.1, 0.15) is 0 Å². The van der Waals surface area contributed by atoms with Crippen LogP contribution in [0.3, 0.4) is 0 Å². The van der Waals surface area contributed by atoms with Crippen LogP contribution in [0.25, 0.3) is 0 Å². The molecule has 0 saturated carbocycles. The summed E-state index contributed by atoms with van der Waals surface area (Å²) in [7, 11) is 0. The van der Waals surface area contributed by atoms with E-state index in [1.165, 1.54) is 5.00 Å². The van der Waals surface area contributed by atoms with Crippen molar-refractivity contribution in [2.24, 2.45) is 0 Å². The van der Waals surface area contributed by atoms with Crippen LogP contribution in [0.5, 0.6) is 0 Å². The molecule has 4 heteroatoms. The van der Waals surface area contributed by atoms with E-state index in [-0.39, 0.29) is 36.9 Å². The van der Waals surface area contributed by atoms with Crippen LogP contribution in [0, 0.1) is 36.9 Å². The average Bonchev–Trinajstić information content (AvgIpc) is 0.918. The second kappa shape index (κ2) is 8.82. The fourth-order valence-electron chi connectivity index (χ4n) is 0. The Morgan fingerprint density at radius 1 is 1.75 bits per heavy atom. The molecule has 0 aromatic carbocycles. The van der Waals surface area contributed by atoms with Gasteiger partial charge in [0.25, 0.3) is 0 Å². The summed E-state index contributed by atoms with van der Waals surface area (Å²) in [6, 6.07) is 0. The Morgan fingerprint density at radius 2 is 1.75 bits per heavy atom. The first-order chi connectivity index (χ1) is 1.41. The fraction of sp³-hybridized carbons (Fsp3) is 0. The Morgan fingerprint density at radius 3 is 1.75 bits per heavy atom. The number of halogens is 1. The van der Waals surface area contributed by atoms with Gasteiger partial charge in [-0.1, -0.05) is 0 Å². The summed E-state index contributed by atoms with van der Waals surface area (Å²) in [5, 5.41) is 7.08. The molecular weight excluding hydrogens is 234 g/mol. The summed E-state index contributed by atoms with van der Waals surface area (Å²) >= 11 is 4.30. The SMILES string of the molecule is ONCl.[Tm]. The van der Waals surface area contributed by atoms with Crippen LogP contribution in [0.1, 0.15) is 0 Å². The molecule has 0 saturated heterocycles. The molecule has 0 fully saturated rings. The zero-order chi connectivity index (χ0) is 2.71. The van der Waals surface area contributed by atoms with E-state index in [0.717, 1.165) is 0 Å². The van der Waals surface area contributed by atoms with Gasteiger partial charge in [-0.25, -0.2) is 0 Å². The molecule has 0 amide bonds. The molecule has 4 heavy (non-hydrogen) atoms. The van der Waals surface area contributed by atoms with Crippen molar-refractivity contribution in [1.82, 2.24) is 5.00 Å². The first-order valence-electron chi connectivity index (χ1n) is 0.413. The standard InChI is InChI=1S/ClH2NO.Tm/c1-2-3;/h2-3H;. The van der Waals surface area contributed by atoms with Crippen LogP contribution in [-0.2, 0) is 0 Å². The first kappa shape index (κ1) is 9.06. The molecule has 0 heterocycles. The summed E-state index contributed by atoms with van der Waals surface area (Å²) in [4.78, 5) is 1.22. The van der Waals surface area contributed by atoms with E-state index in [4.69, 9.17) is 5.21 Å². The third kappa shape index (κ3) is 9.87. The second-order valence-corrected chi connectivity index (χ2v) is 0.254. The van der Waals surface area contributed by atoms with Crippen LogP contribution >= 0.6 is 11.8 Å². The van der Waals surface area contributed by atoms with E-state index < -0.39 is 0 Å². The number of nitrogens with one attached hydrogen (secondary N) is 1. The quantitative estimate of drug-likeness (QED) is 0.462. The molecule has 33 valence electrons. The van der Waals surface area contributed by atoms with Crippen LogP contribution in [0.2, 0.25) is 0 Å². The third-order valence-corrected chi connectivity index (χ3v) is 0. The van der Waals surface area contributed by atoms with E-state index in [9.17, 15) is 0 Å². The van der Waals surface area contributed by atoms with Crippen molar-refractivity contribution in [2.75, 3.05) is 0 Å². The Balaban J connectivity index is 0. The Labute approximate surface area is 58.4 Å². The normalized spacial score (nSPS) is 4.50. The monoisotopic (exact) mass is 236 g/mol. The number of hydrogen-bond acceptors (Lipinski definition) is 2. The predicted octanol–water partition coefficient (Wildman–Crippen LogP) is 0.119. The van der Waals surface area contributed by atoms with Crippen molar-refractivity contribution >= 4 is 11.8 Å². The van der Waals surface area contributed by atoms with Crippen molar-refractivity contribution < 1.29 is 42.1 Å². The van der Waals surface area contributed by atoms with Crippen molar-refractivity contribution in [1.29, 1.82) is 0 Å². The molecule has 0 aromatic rings. The van der Waals surface area contributed by atoms with Gasteiger partial charge in [-0.15, -0.1) is 5.00 Å². The molecule has 0 aliphatic rings. The molecule has 2 N–H and O–H groups in total. The molecule has 0 spiro atoms. The maximum absolute atomic E-state index is 7.08. The molecule has 1 radical (unpaired) electrons. The van der Waals surface area contributed by atoms with E-state index in [2.05, 4.69) is 11.8 Å². The first-order valence-corrected chi connectivity index (χ1v) is 0.791. The summed E-state index contributed by atoms with van der Waals surface area (Å²) in [6.07, 6.45) is 0. The molecule has 2 nitrogen and oxygen atoms in total. The van der Waals surface area contributed by atoms with Gasteiger partial charge in [0.15, 0.2) is 0 Å². The summed E-state index contributed by atoms with van der Waals surface area (Å²) < 4.78 is 0. The van der Waals surface area contributed by atoms with Gasteiger partial charge in [-0.05, 0) is 0 Å². The number of rotatable bonds is 0. The molecular formula is H2ClNOTm. The summed E-state index contributed by atoms with van der Waals surface area (Å²) in [6.45, 7) is 0. The van der Waals surface area contributed by atoms with Crippen LogP contribution < -0.4 is 5.00 Å². The summed E-state index contributed by atoms with van der Waals surface area (Å²) in [5.41, 5.74) is 0. The Bertz CT molecular complexity index is 8.00. The molecule has 0 aromatic heterocycles. The van der Waals surface area contributed by atoms with E-state index in [0.29, 0.717) is 0 Å². The summed E-state index contributed by atoms with van der Waals surface area (Å²) in [5.74, 6) is 0. The minimum absolute atomic E-state index is 0. The van der Waals surface area contributed by atoms with Gasteiger partial charge in [0.05, 0.1) is 0 Å². The van der Waals surface area contributed by atoms with Crippen molar-refractivity contribution in [3.05, 3.63) is 0 Å². The van der Waals surface area contributed by atoms with Gasteiger partial charge in [0.2, 0.25) is 0 Å². The van der Waals surface area contributed by atoms with Crippen molar-refractivity contribution in [3.8, 4) is 0 Å². The van der Waals surface area contributed by atoms with Gasteiger partial charge >= 0.3 is 0 Å². The Hall–Kier alpha value is 1.44. The minimum Gasteiger partial charge on any atom is -0.301 e. The van der Waals surface area contributed by atoms with Gasteiger partial charge in [0, 0.05) is 48.7 Å². The minimum atomic E-state index is 0. The fourth-order valence-corrected chi connectivity index (χ4v) is 0. The molecule has 0 rings (SSSR count). The molecule has 0 atom stereocenters. The average molecular weight is 236 g/mol. The molecule has 0 unspecified atom stereocenters. The molecule has 0 aliphatic heterocycles. The zero-order valence-electron chi connectivity index (χ0n) is 1.60. The van der Waals surface area contributed by atoms with Crippen LogP contribution in [0.4, 0.5) is 0 Å². The van der Waals surface area contributed by atoms with Gasteiger partial charge < -0.3 is 5.21 Å². The maximum atomic E-state index is 7.08. The molecule has 0 aliphatic carbocycles. The maximum Gasteiger partial charge on any atom is 0.00268 e. The van der Waals surface area contributed by atoms with Gasteiger partial charge in [-0.3, -0.25) is 0 Å².